The third-order valence-electron chi connectivity index (χ3n) is 3.90. The molecule has 0 bridgehead atoms. The Hall–Kier alpha value is -2.07. The van der Waals surface area contributed by atoms with Gasteiger partial charge < -0.3 is 0 Å². The van der Waals surface area contributed by atoms with Crippen LogP contribution in [0.3, 0.4) is 0 Å². The predicted molar refractivity (Wildman–Crippen MR) is 104 cm³/mol. The number of aromatic nitrogens is 3. The average Bonchev–Trinajstić information content (AvgIpc) is 3.32. The molecule has 0 aliphatic heterocycles. The summed E-state index contributed by atoms with van der Waals surface area (Å²) < 4.78 is 29.1. The van der Waals surface area contributed by atoms with Crippen LogP contribution in [0.2, 0.25) is 0 Å². The summed E-state index contributed by atoms with van der Waals surface area (Å²) >= 11 is 3.10. The van der Waals surface area contributed by atoms with Gasteiger partial charge in [-0.25, -0.2) is 17.7 Å². The van der Waals surface area contributed by atoms with Gasteiger partial charge in [0.25, 0.3) is 0 Å². The van der Waals surface area contributed by atoms with E-state index in [1.165, 1.54) is 11.3 Å². The number of benzene rings is 1. The minimum absolute atomic E-state index is 0.277. The Balaban J connectivity index is 1.47. The number of sulfonamides is 1. The molecule has 0 fully saturated rings. The number of nitrogens with one attached hydrogen (secondary N) is 1. The van der Waals surface area contributed by atoms with Crippen LogP contribution in [0.15, 0.2) is 52.1 Å². The van der Waals surface area contributed by atoms with Gasteiger partial charge >= 0.3 is 0 Å². The van der Waals surface area contributed by atoms with Crippen LogP contribution in [-0.4, -0.2) is 29.6 Å². The number of hydrogen-bond acceptors (Lipinski definition) is 6. The summed E-state index contributed by atoms with van der Waals surface area (Å²) in [5, 5.41) is 8.50. The van der Waals surface area contributed by atoms with E-state index in [9.17, 15) is 8.42 Å². The lowest BCUT2D eigenvalue weighted by Gasteiger charge is -2.06. The van der Waals surface area contributed by atoms with Gasteiger partial charge in [-0.2, -0.15) is 4.98 Å². The van der Waals surface area contributed by atoms with Crippen molar-refractivity contribution in [3.63, 3.8) is 0 Å². The molecule has 4 aromatic rings. The molecule has 26 heavy (non-hydrogen) atoms. The number of rotatable bonds is 6. The number of fused-ring (bicyclic) bond motifs is 1. The van der Waals surface area contributed by atoms with Gasteiger partial charge in [0.15, 0.2) is 5.82 Å². The SMILES string of the molecule is Cc1ccc(S(=O)(=O)NCCc2csc3nc(-c4cccs4)nn23)cc1. The Morgan fingerprint density at radius 3 is 2.69 bits per heavy atom. The Labute approximate surface area is 159 Å². The van der Waals surface area contributed by atoms with Crippen LogP contribution >= 0.6 is 22.7 Å². The fourth-order valence-corrected chi connectivity index (χ4v) is 5.06. The second kappa shape index (κ2) is 6.92. The first kappa shape index (κ1) is 17.3. The number of thiophene rings is 1. The van der Waals surface area contributed by atoms with Crippen LogP contribution in [0.4, 0.5) is 0 Å². The quantitative estimate of drug-likeness (QED) is 0.535. The summed E-state index contributed by atoms with van der Waals surface area (Å²) in [4.78, 5) is 6.64. The zero-order valence-corrected chi connectivity index (χ0v) is 16.4. The number of nitrogens with zero attached hydrogens (tertiary/aromatic N) is 3. The molecule has 1 aromatic carbocycles. The van der Waals surface area contributed by atoms with Gasteiger partial charge in [-0.15, -0.1) is 27.8 Å². The Morgan fingerprint density at radius 1 is 1.15 bits per heavy atom. The molecule has 3 aromatic heterocycles. The van der Waals surface area contributed by atoms with E-state index in [0.717, 1.165) is 21.1 Å². The standard InChI is InChI=1S/C17H16N4O2S3/c1-12-4-6-14(7-5-12)26(22,23)18-9-8-13-11-25-17-19-16(20-21(13)17)15-3-2-10-24-15/h2-7,10-11,18H,8-9H2,1H3. The van der Waals surface area contributed by atoms with E-state index in [2.05, 4.69) is 14.8 Å². The zero-order chi connectivity index (χ0) is 18.1. The fraction of sp³-hybridized carbons (Fsp3) is 0.176. The molecular formula is C17H16N4O2S3. The van der Waals surface area contributed by atoms with Gasteiger partial charge in [0.1, 0.15) is 0 Å². The molecule has 0 amide bonds. The van der Waals surface area contributed by atoms with Crippen molar-refractivity contribution in [3.05, 3.63) is 58.4 Å². The maximum Gasteiger partial charge on any atom is 0.240 e. The highest BCUT2D eigenvalue weighted by molar-refractivity contribution is 7.89. The molecule has 9 heteroatoms. The van der Waals surface area contributed by atoms with E-state index in [1.54, 1.807) is 40.1 Å². The molecule has 0 unspecified atom stereocenters. The van der Waals surface area contributed by atoms with E-state index in [0.29, 0.717) is 18.8 Å². The normalized spacial score (nSPS) is 12.0. The van der Waals surface area contributed by atoms with Crippen molar-refractivity contribution in [1.29, 1.82) is 0 Å². The van der Waals surface area contributed by atoms with Gasteiger partial charge in [-0.3, -0.25) is 0 Å². The molecule has 6 nitrogen and oxygen atoms in total. The maximum absolute atomic E-state index is 12.4. The summed E-state index contributed by atoms with van der Waals surface area (Å²) in [6, 6.07) is 10.8. The van der Waals surface area contributed by atoms with Crippen molar-refractivity contribution in [1.82, 2.24) is 19.3 Å². The second-order valence-corrected chi connectivity index (χ2v) is 9.35. The summed E-state index contributed by atoms with van der Waals surface area (Å²) in [6.45, 7) is 2.23. The molecule has 4 rings (SSSR count). The lowest BCUT2D eigenvalue weighted by molar-refractivity contribution is 0.581. The molecule has 0 saturated heterocycles. The van der Waals surface area contributed by atoms with Gasteiger partial charge in [0.2, 0.25) is 15.0 Å². The maximum atomic E-state index is 12.4. The minimum Gasteiger partial charge on any atom is -0.211 e. The number of hydrogen-bond donors (Lipinski definition) is 1. The van der Waals surface area contributed by atoms with Crippen molar-refractivity contribution in [2.24, 2.45) is 0 Å². The van der Waals surface area contributed by atoms with E-state index < -0.39 is 10.0 Å². The third-order valence-corrected chi connectivity index (χ3v) is 7.10. The van der Waals surface area contributed by atoms with Crippen molar-refractivity contribution in [2.45, 2.75) is 18.2 Å². The molecule has 3 heterocycles. The molecule has 1 N–H and O–H groups in total. The molecule has 0 atom stereocenters. The van der Waals surface area contributed by atoms with Crippen LogP contribution in [0.1, 0.15) is 11.3 Å². The summed E-state index contributed by atoms with van der Waals surface area (Å²) in [5.74, 6) is 0.702. The first-order valence-corrected chi connectivity index (χ1v) is 11.2. The Kier molecular flexibility index (Phi) is 4.62. The van der Waals surface area contributed by atoms with Crippen molar-refractivity contribution in [3.8, 4) is 10.7 Å². The van der Waals surface area contributed by atoms with Gasteiger partial charge in [0, 0.05) is 18.3 Å². The highest BCUT2D eigenvalue weighted by Crippen LogP contribution is 2.24. The lowest BCUT2D eigenvalue weighted by atomic mass is 10.2. The molecule has 0 aliphatic carbocycles. The molecule has 0 saturated carbocycles. The topological polar surface area (TPSA) is 76.4 Å². The van der Waals surface area contributed by atoms with Crippen LogP contribution < -0.4 is 4.72 Å². The smallest absolute Gasteiger partial charge is 0.211 e. The van der Waals surface area contributed by atoms with Crippen LogP contribution in [-0.2, 0) is 16.4 Å². The third kappa shape index (κ3) is 3.43. The predicted octanol–water partition coefficient (Wildman–Crippen LogP) is 3.35. The van der Waals surface area contributed by atoms with Gasteiger partial charge in [-0.05, 0) is 30.5 Å². The van der Waals surface area contributed by atoms with Crippen molar-refractivity contribution < 1.29 is 8.42 Å². The highest BCUT2D eigenvalue weighted by atomic mass is 32.2. The average molecular weight is 405 g/mol. The van der Waals surface area contributed by atoms with E-state index in [4.69, 9.17) is 0 Å². The fourth-order valence-electron chi connectivity index (χ4n) is 2.52. The van der Waals surface area contributed by atoms with Crippen LogP contribution in [0, 0.1) is 6.92 Å². The zero-order valence-electron chi connectivity index (χ0n) is 13.9. The monoisotopic (exact) mass is 404 g/mol. The molecule has 0 aliphatic rings. The number of aryl methyl sites for hydroxylation is 1. The van der Waals surface area contributed by atoms with E-state index >= 15 is 0 Å². The Bertz CT molecular complexity index is 1130. The summed E-state index contributed by atoms with van der Waals surface area (Å²) in [5.41, 5.74) is 1.96. The summed E-state index contributed by atoms with van der Waals surface area (Å²) in [6.07, 6.45) is 0.540. The molecule has 0 spiro atoms. The molecule has 0 radical (unpaired) electrons. The molecule has 134 valence electrons. The number of thiazole rings is 1. The highest BCUT2D eigenvalue weighted by Gasteiger charge is 2.15. The minimum atomic E-state index is -3.50. The van der Waals surface area contributed by atoms with Gasteiger partial charge in [-0.1, -0.05) is 23.8 Å². The first-order valence-electron chi connectivity index (χ1n) is 7.96. The lowest BCUT2D eigenvalue weighted by Crippen LogP contribution is -2.26. The summed E-state index contributed by atoms with van der Waals surface area (Å²) in [7, 11) is -3.50. The second-order valence-electron chi connectivity index (χ2n) is 5.79. The van der Waals surface area contributed by atoms with Crippen molar-refractivity contribution >= 4 is 37.7 Å². The first-order chi connectivity index (χ1) is 12.5. The van der Waals surface area contributed by atoms with Crippen molar-refractivity contribution in [2.75, 3.05) is 6.54 Å². The largest absolute Gasteiger partial charge is 0.240 e. The van der Waals surface area contributed by atoms with E-state index in [-0.39, 0.29) is 4.90 Å². The van der Waals surface area contributed by atoms with Crippen LogP contribution in [0.5, 0.6) is 0 Å². The Morgan fingerprint density at radius 2 is 1.96 bits per heavy atom. The van der Waals surface area contributed by atoms with E-state index in [1.807, 2.05) is 29.8 Å². The van der Waals surface area contributed by atoms with Gasteiger partial charge in [0.05, 0.1) is 15.5 Å². The molecular weight excluding hydrogens is 388 g/mol. The van der Waals surface area contributed by atoms with Crippen LogP contribution in [0.25, 0.3) is 15.7 Å².